The van der Waals surface area contributed by atoms with Gasteiger partial charge in [0.25, 0.3) is 11.2 Å². The molecule has 21 heavy (non-hydrogen) atoms. The quantitative estimate of drug-likeness (QED) is 0.681. The van der Waals surface area contributed by atoms with Gasteiger partial charge in [-0.3, -0.25) is 14.9 Å². The number of aromatic nitrogens is 1. The minimum atomic E-state index is -1.23. The number of nitro groups is 1. The van der Waals surface area contributed by atoms with Crippen LogP contribution in [0.25, 0.3) is 0 Å². The van der Waals surface area contributed by atoms with Gasteiger partial charge in [-0.05, 0) is 18.2 Å². The van der Waals surface area contributed by atoms with Gasteiger partial charge >= 0.3 is 5.97 Å². The zero-order valence-electron chi connectivity index (χ0n) is 10.5. The fraction of sp³-hybridized carbons (Fsp3) is 0.0769. The number of halogens is 1. The van der Waals surface area contributed by atoms with Crippen LogP contribution in [0.4, 0.5) is 10.1 Å². The van der Waals surface area contributed by atoms with Gasteiger partial charge in [0, 0.05) is 17.7 Å². The summed E-state index contributed by atoms with van der Waals surface area (Å²) in [7, 11) is 0. The number of nitrogens with zero attached hydrogens (tertiary/aromatic N) is 2. The van der Waals surface area contributed by atoms with Crippen molar-refractivity contribution >= 4 is 11.7 Å². The largest absolute Gasteiger partial charge is 0.478 e. The Morgan fingerprint density at radius 2 is 2.05 bits per heavy atom. The van der Waals surface area contributed by atoms with Crippen LogP contribution in [0.2, 0.25) is 0 Å². The maximum Gasteiger partial charge on any atom is 0.335 e. The molecule has 0 saturated carbocycles. The van der Waals surface area contributed by atoms with Crippen LogP contribution in [-0.4, -0.2) is 20.6 Å². The normalized spacial score (nSPS) is 10.3. The lowest BCUT2D eigenvalue weighted by Crippen LogP contribution is -2.20. The molecule has 0 aliphatic heterocycles. The molecule has 0 aliphatic rings. The van der Waals surface area contributed by atoms with Gasteiger partial charge in [-0.2, -0.15) is 0 Å². The van der Waals surface area contributed by atoms with E-state index >= 15 is 0 Å². The number of pyridine rings is 1. The Balaban J connectivity index is 2.44. The summed E-state index contributed by atoms with van der Waals surface area (Å²) in [6.45, 7) is -0.298. The van der Waals surface area contributed by atoms with Gasteiger partial charge in [-0.15, -0.1) is 0 Å². The van der Waals surface area contributed by atoms with E-state index in [1.165, 1.54) is 0 Å². The molecular formula is C13H9FN2O5. The number of carbonyl (C=O) groups is 1. The standard InChI is InChI=1S/C13H9FN2O5/c14-11-3-1-8(13(18)19)5-9(11)6-15-7-10(16(20)21)2-4-12(15)17/h1-5,7H,6H2,(H,18,19). The first-order valence-corrected chi connectivity index (χ1v) is 5.75. The van der Waals surface area contributed by atoms with E-state index < -0.39 is 22.3 Å². The molecule has 108 valence electrons. The van der Waals surface area contributed by atoms with Crippen molar-refractivity contribution in [1.82, 2.24) is 4.57 Å². The zero-order chi connectivity index (χ0) is 15.6. The molecular weight excluding hydrogens is 283 g/mol. The first-order valence-electron chi connectivity index (χ1n) is 5.75. The Morgan fingerprint density at radius 1 is 1.33 bits per heavy atom. The molecule has 1 heterocycles. The van der Waals surface area contributed by atoms with Gasteiger partial charge in [-0.25, -0.2) is 9.18 Å². The summed E-state index contributed by atoms with van der Waals surface area (Å²) in [6, 6.07) is 5.20. The lowest BCUT2D eigenvalue weighted by atomic mass is 10.1. The maximum atomic E-state index is 13.7. The Hall–Kier alpha value is -3.03. The molecule has 7 nitrogen and oxygen atoms in total. The molecule has 2 rings (SSSR count). The highest BCUT2D eigenvalue weighted by Crippen LogP contribution is 2.13. The SMILES string of the molecule is O=C(O)c1ccc(F)c(Cn2cc([N+](=O)[O-])ccc2=O)c1. The number of carboxylic acid groups (broad SMARTS) is 1. The number of rotatable bonds is 4. The predicted octanol–water partition coefficient (Wildman–Crippen LogP) is 1.64. The summed E-state index contributed by atoms with van der Waals surface area (Å²) >= 11 is 0. The van der Waals surface area contributed by atoms with Gasteiger partial charge in [-0.1, -0.05) is 0 Å². The van der Waals surface area contributed by atoms with Crippen LogP contribution in [0.5, 0.6) is 0 Å². The Bertz CT molecular complexity index is 784. The third-order valence-corrected chi connectivity index (χ3v) is 2.81. The molecule has 8 heteroatoms. The van der Waals surface area contributed by atoms with Crippen molar-refractivity contribution in [1.29, 1.82) is 0 Å². The van der Waals surface area contributed by atoms with E-state index in [2.05, 4.69) is 0 Å². The van der Waals surface area contributed by atoms with Crippen LogP contribution >= 0.6 is 0 Å². The Morgan fingerprint density at radius 3 is 2.67 bits per heavy atom. The Labute approximate surface area is 117 Å². The van der Waals surface area contributed by atoms with E-state index in [1.54, 1.807) is 0 Å². The molecule has 2 aromatic rings. The van der Waals surface area contributed by atoms with E-state index in [0.717, 1.165) is 41.1 Å². The molecule has 0 amide bonds. The second kappa shape index (κ2) is 5.53. The van der Waals surface area contributed by atoms with Crippen LogP contribution in [0.3, 0.4) is 0 Å². The van der Waals surface area contributed by atoms with Gasteiger partial charge < -0.3 is 9.67 Å². The molecule has 1 aromatic carbocycles. The topological polar surface area (TPSA) is 102 Å². The second-order valence-electron chi connectivity index (χ2n) is 4.22. The minimum Gasteiger partial charge on any atom is -0.478 e. The molecule has 0 spiro atoms. The first-order chi connectivity index (χ1) is 9.88. The van der Waals surface area contributed by atoms with Crippen LogP contribution in [-0.2, 0) is 6.54 Å². The van der Waals surface area contributed by atoms with Crippen LogP contribution < -0.4 is 5.56 Å². The van der Waals surface area contributed by atoms with Crippen LogP contribution in [0, 0.1) is 15.9 Å². The molecule has 0 saturated heterocycles. The summed E-state index contributed by atoms with van der Waals surface area (Å²) in [5.41, 5.74) is -1.05. The van der Waals surface area contributed by atoms with Gasteiger partial charge in [0.05, 0.1) is 23.2 Å². The molecule has 0 bridgehead atoms. The smallest absolute Gasteiger partial charge is 0.335 e. The number of hydrogen-bond donors (Lipinski definition) is 1. The highest BCUT2D eigenvalue weighted by molar-refractivity contribution is 5.87. The van der Waals surface area contributed by atoms with Crippen molar-refractivity contribution < 1.29 is 19.2 Å². The molecule has 0 radical (unpaired) electrons. The summed E-state index contributed by atoms with van der Waals surface area (Å²) in [5.74, 6) is -1.93. The number of aromatic carboxylic acids is 1. The first kappa shape index (κ1) is 14.4. The van der Waals surface area contributed by atoms with Crippen molar-refractivity contribution in [2.45, 2.75) is 6.54 Å². The number of benzene rings is 1. The van der Waals surface area contributed by atoms with E-state index in [9.17, 15) is 24.1 Å². The average molecular weight is 292 g/mol. The average Bonchev–Trinajstić information content (AvgIpc) is 2.43. The van der Waals surface area contributed by atoms with E-state index in [4.69, 9.17) is 5.11 Å². The summed E-state index contributed by atoms with van der Waals surface area (Å²) in [4.78, 5) is 32.5. The molecule has 1 N–H and O–H groups in total. The lowest BCUT2D eigenvalue weighted by molar-refractivity contribution is -0.385. The Kier molecular flexibility index (Phi) is 3.79. The van der Waals surface area contributed by atoms with Gasteiger partial charge in [0.15, 0.2) is 0 Å². The maximum absolute atomic E-state index is 13.7. The van der Waals surface area contributed by atoms with Crippen molar-refractivity contribution in [3.05, 3.63) is 73.9 Å². The minimum absolute atomic E-state index is 0.0440. The van der Waals surface area contributed by atoms with Gasteiger partial charge in [0.2, 0.25) is 0 Å². The summed E-state index contributed by atoms with van der Waals surface area (Å²) < 4.78 is 14.6. The van der Waals surface area contributed by atoms with Crippen LogP contribution in [0.15, 0.2) is 41.3 Å². The number of carboxylic acids is 1. The predicted molar refractivity (Wildman–Crippen MR) is 69.8 cm³/mol. The van der Waals surface area contributed by atoms with Crippen molar-refractivity contribution in [2.75, 3.05) is 0 Å². The molecule has 1 aromatic heterocycles. The van der Waals surface area contributed by atoms with Gasteiger partial charge in [0.1, 0.15) is 5.82 Å². The third-order valence-electron chi connectivity index (χ3n) is 2.81. The molecule has 0 atom stereocenters. The molecule has 0 aliphatic carbocycles. The van der Waals surface area contributed by atoms with E-state index in [1.807, 2.05) is 0 Å². The van der Waals surface area contributed by atoms with E-state index in [0.29, 0.717) is 0 Å². The fourth-order valence-corrected chi connectivity index (χ4v) is 1.76. The molecule has 0 unspecified atom stereocenters. The second-order valence-corrected chi connectivity index (χ2v) is 4.22. The zero-order valence-corrected chi connectivity index (χ0v) is 10.5. The van der Waals surface area contributed by atoms with E-state index in [-0.39, 0.29) is 23.4 Å². The number of hydrogen-bond acceptors (Lipinski definition) is 4. The summed E-state index contributed by atoms with van der Waals surface area (Å²) in [6.07, 6.45) is 0.981. The lowest BCUT2D eigenvalue weighted by Gasteiger charge is -2.07. The highest BCUT2D eigenvalue weighted by Gasteiger charge is 2.12. The summed E-state index contributed by atoms with van der Waals surface area (Å²) in [5, 5.41) is 19.5. The molecule has 0 fully saturated rings. The highest BCUT2D eigenvalue weighted by atomic mass is 19.1. The monoisotopic (exact) mass is 292 g/mol. The van der Waals surface area contributed by atoms with Crippen molar-refractivity contribution in [2.24, 2.45) is 0 Å². The van der Waals surface area contributed by atoms with Crippen LogP contribution in [0.1, 0.15) is 15.9 Å². The fourth-order valence-electron chi connectivity index (χ4n) is 1.76. The van der Waals surface area contributed by atoms with Crippen molar-refractivity contribution in [3.8, 4) is 0 Å². The third kappa shape index (κ3) is 3.11. The van der Waals surface area contributed by atoms with Crippen molar-refractivity contribution in [3.63, 3.8) is 0 Å².